The second-order valence-electron chi connectivity index (χ2n) is 5.06. The molecule has 1 N–H and O–H groups in total. The van der Waals surface area contributed by atoms with E-state index in [1.54, 1.807) is 47.5 Å². The Morgan fingerprint density at radius 2 is 1.88 bits per heavy atom. The van der Waals surface area contributed by atoms with Crippen molar-refractivity contribution in [1.29, 1.82) is 0 Å². The van der Waals surface area contributed by atoms with Gasteiger partial charge in [0, 0.05) is 24.8 Å². The number of aromatic nitrogens is 1. The van der Waals surface area contributed by atoms with Crippen molar-refractivity contribution < 1.29 is 9.59 Å². The molecule has 0 saturated carbocycles. The van der Waals surface area contributed by atoms with Crippen LogP contribution in [0, 0.1) is 0 Å². The molecule has 0 radical (unpaired) electrons. The number of carbonyl (C=O) groups is 2. The van der Waals surface area contributed by atoms with Crippen LogP contribution in [0.2, 0.25) is 0 Å². The number of nitrogens with zero attached hydrogens (tertiary/aromatic N) is 2. The second-order valence-corrected chi connectivity index (χ2v) is 5.89. The van der Waals surface area contributed by atoms with Crippen LogP contribution in [0.5, 0.6) is 0 Å². The minimum atomic E-state index is -0.257. The van der Waals surface area contributed by atoms with Gasteiger partial charge in [-0.1, -0.05) is 12.1 Å². The summed E-state index contributed by atoms with van der Waals surface area (Å²) in [6.07, 6.45) is 3.51. The zero-order valence-electron chi connectivity index (χ0n) is 14.1. The van der Waals surface area contributed by atoms with E-state index in [-0.39, 0.29) is 11.8 Å². The highest BCUT2D eigenvalue weighted by Gasteiger charge is 2.18. The maximum Gasteiger partial charge on any atom is 0.255 e. The van der Waals surface area contributed by atoms with E-state index >= 15 is 0 Å². The van der Waals surface area contributed by atoms with Crippen molar-refractivity contribution in [3.05, 3.63) is 53.7 Å². The Hall–Kier alpha value is -2.34. The topological polar surface area (TPSA) is 62.3 Å². The fraction of sp³-hybridized carbons (Fsp3) is 0.278. The summed E-state index contributed by atoms with van der Waals surface area (Å²) in [6, 6.07) is 10.5. The van der Waals surface area contributed by atoms with Crippen LogP contribution in [0.25, 0.3) is 0 Å². The van der Waals surface area contributed by atoms with Crippen molar-refractivity contribution in [2.75, 3.05) is 24.7 Å². The molecule has 0 saturated heterocycles. The van der Waals surface area contributed by atoms with Gasteiger partial charge in [-0.15, -0.1) is 11.8 Å². The normalized spacial score (nSPS) is 10.3. The van der Waals surface area contributed by atoms with Crippen LogP contribution in [0.4, 0.5) is 5.69 Å². The van der Waals surface area contributed by atoms with E-state index in [1.807, 2.05) is 20.1 Å². The number of benzene rings is 1. The average molecular weight is 343 g/mol. The Bertz CT molecular complexity index is 730. The van der Waals surface area contributed by atoms with Crippen molar-refractivity contribution in [3.8, 4) is 0 Å². The fourth-order valence-electron chi connectivity index (χ4n) is 2.32. The maximum absolute atomic E-state index is 12.6. The molecule has 24 heavy (non-hydrogen) atoms. The molecule has 126 valence electrons. The summed E-state index contributed by atoms with van der Waals surface area (Å²) in [5.41, 5.74) is 1.52. The van der Waals surface area contributed by atoms with Gasteiger partial charge in [-0.05, 0) is 44.4 Å². The first-order valence-electron chi connectivity index (χ1n) is 7.80. The van der Waals surface area contributed by atoms with Crippen molar-refractivity contribution in [3.63, 3.8) is 0 Å². The zero-order chi connectivity index (χ0) is 17.5. The molecule has 0 atom stereocenters. The molecule has 1 aromatic heterocycles. The highest BCUT2D eigenvalue weighted by Crippen LogP contribution is 2.19. The summed E-state index contributed by atoms with van der Waals surface area (Å²) in [4.78, 5) is 31.0. The molecule has 2 aromatic rings. The van der Waals surface area contributed by atoms with E-state index in [9.17, 15) is 9.59 Å². The number of anilines is 1. The van der Waals surface area contributed by atoms with Crippen LogP contribution in [-0.2, 0) is 0 Å². The molecule has 0 aliphatic carbocycles. The number of nitrogens with one attached hydrogen (secondary N) is 1. The Balaban J connectivity index is 2.26. The molecule has 1 heterocycles. The quantitative estimate of drug-likeness (QED) is 0.815. The smallest absolute Gasteiger partial charge is 0.255 e. The third kappa shape index (κ3) is 4.14. The highest BCUT2D eigenvalue weighted by atomic mass is 32.2. The van der Waals surface area contributed by atoms with E-state index in [1.165, 1.54) is 11.8 Å². The minimum absolute atomic E-state index is 0.0876. The van der Waals surface area contributed by atoms with Gasteiger partial charge in [-0.2, -0.15) is 0 Å². The van der Waals surface area contributed by atoms with Crippen LogP contribution in [0.1, 0.15) is 34.6 Å². The molecule has 0 aliphatic heterocycles. The number of carbonyl (C=O) groups excluding carboxylic acids is 2. The molecule has 2 amide bonds. The third-order valence-electron chi connectivity index (χ3n) is 3.66. The van der Waals surface area contributed by atoms with Crippen LogP contribution >= 0.6 is 11.8 Å². The van der Waals surface area contributed by atoms with Gasteiger partial charge in [0.05, 0.1) is 16.3 Å². The second kappa shape index (κ2) is 8.49. The molecule has 0 unspecified atom stereocenters. The Morgan fingerprint density at radius 1 is 1.17 bits per heavy atom. The van der Waals surface area contributed by atoms with Gasteiger partial charge < -0.3 is 10.2 Å². The lowest BCUT2D eigenvalue weighted by Gasteiger charge is -2.20. The van der Waals surface area contributed by atoms with E-state index < -0.39 is 0 Å². The van der Waals surface area contributed by atoms with Crippen LogP contribution in [0.3, 0.4) is 0 Å². The first-order valence-corrected chi connectivity index (χ1v) is 9.02. The summed E-state index contributed by atoms with van der Waals surface area (Å²) >= 11 is 1.47. The van der Waals surface area contributed by atoms with Gasteiger partial charge in [0.25, 0.3) is 11.8 Å². The van der Waals surface area contributed by atoms with E-state index in [0.29, 0.717) is 29.9 Å². The summed E-state index contributed by atoms with van der Waals surface area (Å²) < 4.78 is 0. The number of pyridine rings is 1. The number of rotatable bonds is 6. The van der Waals surface area contributed by atoms with E-state index in [4.69, 9.17) is 0 Å². The monoisotopic (exact) mass is 343 g/mol. The lowest BCUT2D eigenvalue weighted by molar-refractivity contribution is 0.0774. The summed E-state index contributed by atoms with van der Waals surface area (Å²) in [7, 11) is 0. The van der Waals surface area contributed by atoms with Gasteiger partial charge in [-0.25, -0.2) is 4.98 Å². The third-order valence-corrected chi connectivity index (χ3v) is 4.30. The number of hydrogen-bond donors (Lipinski definition) is 1. The predicted molar refractivity (Wildman–Crippen MR) is 97.7 cm³/mol. The molecule has 6 heteroatoms. The number of para-hydroxylation sites is 1. The first-order chi connectivity index (χ1) is 11.6. The summed E-state index contributed by atoms with van der Waals surface area (Å²) in [6.45, 7) is 5.12. The van der Waals surface area contributed by atoms with Crippen molar-refractivity contribution in [1.82, 2.24) is 9.88 Å². The van der Waals surface area contributed by atoms with E-state index in [2.05, 4.69) is 10.3 Å². The Kier molecular flexibility index (Phi) is 6.37. The minimum Gasteiger partial charge on any atom is -0.339 e. The molecule has 5 nitrogen and oxygen atoms in total. The van der Waals surface area contributed by atoms with Gasteiger partial charge in [-0.3, -0.25) is 9.59 Å². The lowest BCUT2D eigenvalue weighted by Crippen LogP contribution is -2.31. The number of hydrogen-bond acceptors (Lipinski definition) is 4. The van der Waals surface area contributed by atoms with Crippen molar-refractivity contribution >= 4 is 29.3 Å². The van der Waals surface area contributed by atoms with E-state index in [0.717, 1.165) is 5.03 Å². The molecule has 0 aliphatic rings. The van der Waals surface area contributed by atoms with Crippen LogP contribution in [-0.4, -0.2) is 41.0 Å². The molecule has 0 bridgehead atoms. The van der Waals surface area contributed by atoms with Crippen LogP contribution in [0.15, 0.2) is 47.6 Å². The van der Waals surface area contributed by atoms with Crippen molar-refractivity contribution in [2.24, 2.45) is 0 Å². The SMILES string of the molecule is CCN(CC)C(=O)c1ccccc1NC(=O)c1ccnc(SC)c1. The molecule has 2 rings (SSSR count). The largest absolute Gasteiger partial charge is 0.339 e. The van der Waals surface area contributed by atoms with Gasteiger partial charge in [0.2, 0.25) is 0 Å². The standard InChI is InChI=1S/C18H21N3O2S/c1-4-21(5-2)18(23)14-8-6-7-9-15(14)20-17(22)13-10-11-19-16(12-13)24-3/h6-12H,4-5H2,1-3H3,(H,20,22). The molecular weight excluding hydrogens is 322 g/mol. The number of thioether (sulfide) groups is 1. The highest BCUT2D eigenvalue weighted by molar-refractivity contribution is 7.98. The summed E-state index contributed by atoms with van der Waals surface area (Å²) in [5.74, 6) is -0.345. The Labute approximate surface area is 146 Å². The summed E-state index contributed by atoms with van der Waals surface area (Å²) in [5, 5.41) is 3.61. The first kappa shape index (κ1) is 18.0. The molecule has 0 spiro atoms. The van der Waals surface area contributed by atoms with Gasteiger partial charge in [0.1, 0.15) is 0 Å². The predicted octanol–water partition coefficient (Wildman–Crippen LogP) is 3.54. The fourth-order valence-corrected chi connectivity index (χ4v) is 2.73. The maximum atomic E-state index is 12.6. The molecule has 0 fully saturated rings. The van der Waals surface area contributed by atoms with Gasteiger partial charge >= 0.3 is 0 Å². The molecular formula is C18H21N3O2S. The van der Waals surface area contributed by atoms with Gasteiger partial charge in [0.15, 0.2) is 0 Å². The number of amides is 2. The Morgan fingerprint density at radius 3 is 2.54 bits per heavy atom. The average Bonchev–Trinajstić information content (AvgIpc) is 2.63. The lowest BCUT2D eigenvalue weighted by atomic mass is 10.1. The molecule has 1 aromatic carbocycles. The van der Waals surface area contributed by atoms with Crippen LogP contribution < -0.4 is 5.32 Å². The van der Waals surface area contributed by atoms with Crippen molar-refractivity contribution in [2.45, 2.75) is 18.9 Å². The zero-order valence-corrected chi connectivity index (χ0v) is 14.9.